The molecule has 2 N–H and O–H groups in total. The van der Waals surface area contributed by atoms with Crippen LogP contribution in [0.5, 0.6) is 0 Å². The van der Waals surface area contributed by atoms with Gasteiger partial charge in [0.1, 0.15) is 0 Å². The summed E-state index contributed by atoms with van der Waals surface area (Å²) in [6.45, 7) is 0. The van der Waals surface area contributed by atoms with Gasteiger partial charge in [-0.2, -0.15) is 0 Å². The summed E-state index contributed by atoms with van der Waals surface area (Å²) in [5.41, 5.74) is 7.67. The predicted octanol–water partition coefficient (Wildman–Crippen LogP) is 2.35. The Morgan fingerprint density at radius 3 is 2.47 bits per heavy atom. The highest BCUT2D eigenvalue weighted by Crippen LogP contribution is 2.12. The van der Waals surface area contributed by atoms with Gasteiger partial charge in [-0.15, -0.1) is 0 Å². The number of benzene rings is 1. The van der Waals surface area contributed by atoms with E-state index in [-0.39, 0.29) is 0 Å². The lowest BCUT2D eigenvalue weighted by molar-refractivity contribution is 0.1000. The van der Waals surface area contributed by atoms with Crippen molar-refractivity contribution in [2.24, 2.45) is 5.73 Å². The third kappa shape index (κ3) is 2.78. The van der Waals surface area contributed by atoms with Crippen LogP contribution in [0.25, 0.3) is 12.2 Å². The van der Waals surface area contributed by atoms with E-state index >= 15 is 0 Å². The van der Waals surface area contributed by atoms with E-state index < -0.39 is 5.91 Å². The molecule has 0 fully saturated rings. The molecule has 1 aromatic heterocycles. The Kier molecular flexibility index (Phi) is 3.31. The molecule has 2 rings (SSSR count). The fraction of sp³-hybridized carbons (Fsp3) is 0. The van der Waals surface area contributed by atoms with Crippen LogP contribution in [0.4, 0.5) is 0 Å². The number of nitrogens with two attached hydrogens (primary N) is 1. The van der Waals surface area contributed by atoms with Crippen LogP contribution in [0.15, 0.2) is 48.8 Å². The molecule has 0 aliphatic heterocycles. The van der Waals surface area contributed by atoms with Crippen molar-refractivity contribution in [2.45, 2.75) is 0 Å². The average Bonchev–Trinajstić information content (AvgIpc) is 2.38. The quantitative estimate of drug-likeness (QED) is 0.870. The number of hydrogen-bond acceptors (Lipinski definition) is 2. The highest BCUT2D eigenvalue weighted by molar-refractivity contribution is 5.97. The zero-order valence-corrected chi connectivity index (χ0v) is 9.21. The largest absolute Gasteiger partial charge is 0.366 e. The van der Waals surface area contributed by atoms with Gasteiger partial charge in [0, 0.05) is 18.0 Å². The Morgan fingerprint density at radius 1 is 1.06 bits per heavy atom. The number of carbonyl (C=O) groups excluding carboxylic acids is 1. The first-order valence-corrected chi connectivity index (χ1v) is 5.24. The molecule has 84 valence electrons. The normalized spacial score (nSPS) is 10.6. The summed E-state index contributed by atoms with van der Waals surface area (Å²) >= 11 is 0. The maximum absolute atomic E-state index is 11.2. The van der Waals surface area contributed by atoms with Gasteiger partial charge < -0.3 is 5.73 Å². The van der Waals surface area contributed by atoms with Crippen molar-refractivity contribution >= 4 is 18.1 Å². The molecule has 0 radical (unpaired) electrons. The number of carbonyl (C=O) groups is 1. The lowest BCUT2D eigenvalue weighted by atomic mass is 10.1. The van der Waals surface area contributed by atoms with Crippen molar-refractivity contribution in [3.05, 3.63) is 65.5 Å². The molecule has 17 heavy (non-hydrogen) atoms. The van der Waals surface area contributed by atoms with Crippen molar-refractivity contribution in [2.75, 3.05) is 0 Å². The highest BCUT2D eigenvalue weighted by atomic mass is 16.1. The second-order valence-electron chi connectivity index (χ2n) is 3.57. The fourth-order valence-corrected chi connectivity index (χ4v) is 1.53. The molecule has 1 amide bonds. The molecule has 0 saturated carbocycles. The minimum Gasteiger partial charge on any atom is -0.366 e. The molecule has 0 spiro atoms. The molecule has 0 unspecified atom stereocenters. The maximum Gasteiger partial charge on any atom is 0.249 e. The number of amides is 1. The maximum atomic E-state index is 11.2. The Labute approximate surface area is 99.6 Å². The van der Waals surface area contributed by atoms with Crippen molar-refractivity contribution in [3.8, 4) is 0 Å². The number of aromatic nitrogens is 1. The molecule has 0 saturated heterocycles. The highest BCUT2D eigenvalue weighted by Gasteiger charge is 2.03. The minimum atomic E-state index is -0.417. The molecule has 0 aliphatic carbocycles. The first kappa shape index (κ1) is 11.1. The Balaban J connectivity index is 2.30. The monoisotopic (exact) mass is 224 g/mol. The molecular weight excluding hydrogens is 212 g/mol. The lowest BCUT2D eigenvalue weighted by Crippen LogP contribution is -2.12. The van der Waals surface area contributed by atoms with Gasteiger partial charge in [-0.25, -0.2) is 0 Å². The Bertz CT molecular complexity index is 547. The minimum absolute atomic E-state index is 0.417. The van der Waals surface area contributed by atoms with E-state index in [1.54, 1.807) is 24.5 Å². The molecule has 1 aromatic carbocycles. The topological polar surface area (TPSA) is 56.0 Å². The second-order valence-corrected chi connectivity index (χ2v) is 3.57. The SMILES string of the molecule is NC(=O)c1ccccc1C=Cc1ccncc1. The van der Waals surface area contributed by atoms with Gasteiger partial charge in [0.25, 0.3) is 0 Å². The molecule has 2 aromatic rings. The summed E-state index contributed by atoms with van der Waals surface area (Å²) in [5, 5.41) is 0. The third-order valence-corrected chi connectivity index (χ3v) is 2.39. The number of nitrogens with zero attached hydrogens (tertiary/aromatic N) is 1. The van der Waals surface area contributed by atoms with E-state index in [9.17, 15) is 4.79 Å². The first-order valence-electron chi connectivity index (χ1n) is 5.24. The molecule has 0 atom stereocenters. The molecule has 3 nitrogen and oxygen atoms in total. The van der Waals surface area contributed by atoms with E-state index in [0.717, 1.165) is 11.1 Å². The van der Waals surface area contributed by atoms with Crippen molar-refractivity contribution in [1.29, 1.82) is 0 Å². The van der Waals surface area contributed by atoms with Crippen LogP contribution in [0.1, 0.15) is 21.5 Å². The zero-order valence-electron chi connectivity index (χ0n) is 9.21. The Hall–Kier alpha value is -2.42. The third-order valence-electron chi connectivity index (χ3n) is 2.39. The first-order chi connectivity index (χ1) is 8.27. The number of primary amides is 1. The summed E-state index contributed by atoms with van der Waals surface area (Å²) in [6, 6.07) is 11.0. The molecular formula is C14H12N2O. The van der Waals surface area contributed by atoms with Crippen LogP contribution in [0, 0.1) is 0 Å². The molecule has 3 heteroatoms. The summed E-state index contributed by atoms with van der Waals surface area (Å²) in [6.07, 6.45) is 7.23. The van der Waals surface area contributed by atoms with Gasteiger partial charge >= 0.3 is 0 Å². The van der Waals surface area contributed by atoms with Crippen LogP contribution in [-0.2, 0) is 0 Å². The molecule has 1 heterocycles. The second kappa shape index (κ2) is 5.07. The van der Waals surface area contributed by atoms with Crippen LogP contribution in [0.2, 0.25) is 0 Å². The number of pyridine rings is 1. The van der Waals surface area contributed by atoms with Gasteiger partial charge in [-0.05, 0) is 29.3 Å². The standard InChI is InChI=1S/C14H12N2O/c15-14(17)13-4-2-1-3-12(13)6-5-11-7-9-16-10-8-11/h1-10H,(H2,15,17). The smallest absolute Gasteiger partial charge is 0.249 e. The van der Waals surface area contributed by atoms with Gasteiger partial charge in [0.2, 0.25) is 5.91 Å². The number of rotatable bonds is 3. The number of hydrogen-bond donors (Lipinski definition) is 1. The van der Waals surface area contributed by atoms with Crippen LogP contribution in [-0.4, -0.2) is 10.9 Å². The van der Waals surface area contributed by atoms with Crippen LogP contribution in [0.3, 0.4) is 0 Å². The molecule has 0 aliphatic rings. The van der Waals surface area contributed by atoms with Gasteiger partial charge in [-0.1, -0.05) is 30.4 Å². The van der Waals surface area contributed by atoms with Gasteiger partial charge in [0.05, 0.1) is 0 Å². The van der Waals surface area contributed by atoms with Gasteiger partial charge in [0.15, 0.2) is 0 Å². The predicted molar refractivity (Wildman–Crippen MR) is 68.1 cm³/mol. The van der Waals surface area contributed by atoms with E-state index in [1.807, 2.05) is 36.4 Å². The van der Waals surface area contributed by atoms with E-state index in [1.165, 1.54) is 0 Å². The summed E-state index contributed by atoms with van der Waals surface area (Å²) in [5.74, 6) is -0.417. The van der Waals surface area contributed by atoms with E-state index in [4.69, 9.17) is 5.73 Å². The van der Waals surface area contributed by atoms with E-state index in [2.05, 4.69) is 4.98 Å². The zero-order chi connectivity index (χ0) is 12.1. The summed E-state index contributed by atoms with van der Waals surface area (Å²) in [7, 11) is 0. The van der Waals surface area contributed by atoms with Crippen molar-refractivity contribution in [1.82, 2.24) is 4.98 Å². The Morgan fingerprint density at radius 2 is 1.76 bits per heavy atom. The van der Waals surface area contributed by atoms with Crippen molar-refractivity contribution < 1.29 is 4.79 Å². The van der Waals surface area contributed by atoms with Crippen LogP contribution >= 0.6 is 0 Å². The average molecular weight is 224 g/mol. The fourth-order valence-electron chi connectivity index (χ4n) is 1.53. The lowest BCUT2D eigenvalue weighted by Gasteiger charge is -2.00. The van der Waals surface area contributed by atoms with Gasteiger partial charge in [-0.3, -0.25) is 9.78 Å². The summed E-state index contributed by atoms with van der Waals surface area (Å²) in [4.78, 5) is 15.1. The van der Waals surface area contributed by atoms with E-state index in [0.29, 0.717) is 5.56 Å². The summed E-state index contributed by atoms with van der Waals surface area (Å²) < 4.78 is 0. The molecule has 0 bridgehead atoms. The van der Waals surface area contributed by atoms with Crippen molar-refractivity contribution in [3.63, 3.8) is 0 Å². The van der Waals surface area contributed by atoms with Crippen LogP contribution < -0.4 is 5.73 Å².